The fourth-order valence-electron chi connectivity index (χ4n) is 1.20. The van der Waals surface area contributed by atoms with Crippen LogP contribution in [-0.4, -0.2) is 5.78 Å². The zero-order valence-corrected chi connectivity index (χ0v) is 7.97. The Bertz CT molecular complexity index is 169. The SMILES string of the molecule is CCCCCC(C#N)CC(C)=O. The first-order valence-corrected chi connectivity index (χ1v) is 4.59. The molecule has 0 fully saturated rings. The molecule has 0 saturated heterocycles. The Morgan fingerprint density at radius 3 is 2.58 bits per heavy atom. The van der Waals surface area contributed by atoms with Gasteiger partial charge in [0.05, 0.1) is 12.0 Å². The lowest BCUT2D eigenvalue weighted by Crippen LogP contribution is -2.03. The molecule has 68 valence electrons. The number of carbonyl (C=O) groups is 1. The number of nitrogens with zero attached hydrogens (tertiary/aromatic N) is 1. The van der Waals surface area contributed by atoms with Gasteiger partial charge in [0.1, 0.15) is 5.78 Å². The van der Waals surface area contributed by atoms with Crippen molar-refractivity contribution in [2.75, 3.05) is 0 Å². The lowest BCUT2D eigenvalue weighted by atomic mass is 9.98. The van der Waals surface area contributed by atoms with E-state index in [4.69, 9.17) is 5.26 Å². The van der Waals surface area contributed by atoms with Crippen molar-refractivity contribution in [2.24, 2.45) is 5.92 Å². The van der Waals surface area contributed by atoms with Crippen molar-refractivity contribution in [3.63, 3.8) is 0 Å². The Kier molecular flexibility index (Phi) is 6.37. The normalized spacial score (nSPS) is 12.1. The standard InChI is InChI=1S/C10H17NO/c1-3-4-5-6-10(8-11)7-9(2)12/h10H,3-7H2,1-2H3. The van der Waals surface area contributed by atoms with Crippen LogP contribution in [0.5, 0.6) is 0 Å². The monoisotopic (exact) mass is 167 g/mol. The number of rotatable bonds is 6. The third kappa shape index (κ3) is 5.91. The van der Waals surface area contributed by atoms with Gasteiger partial charge in [0.25, 0.3) is 0 Å². The summed E-state index contributed by atoms with van der Waals surface area (Å²) in [4.78, 5) is 10.7. The van der Waals surface area contributed by atoms with Crippen molar-refractivity contribution in [1.29, 1.82) is 5.26 Å². The second-order valence-electron chi connectivity index (χ2n) is 3.23. The average molecular weight is 167 g/mol. The molecule has 0 heterocycles. The second-order valence-corrected chi connectivity index (χ2v) is 3.23. The molecule has 0 rings (SSSR count). The molecule has 0 aromatic heterocycles. The van der Waals surface area contributed by atoms with Crippen LogP contribution < -0.4 is 0 Å². The Hall–Kier alpha value is -0.840. The van der Waals surface area contributed by atoms with E-state index in [-0.39, 0.29) is 11.7 Å². The van der Waals surface area contributed by atoms with Gasteiger partial charge in [-0.1, -0.05) is 26.2 Å². The summed E-state index contributed by atoms with van der Waals surface area (Å²) >= 11 is 0. The lowest BCUT2D eigenvalue weighted by molar-refractivity contribution is -0.117. The number of Topliss-reactive ketones (excluding diaryl/α,β-unsaturated/α-hetero) is 1. The molecule has 0 spiro atoms. The van der Waals surface area contributed by atoms with Crippen molar-refractivity contribution in [1.82, 2.24) is 0 Å². The second kappa shape index (κ2) is 6.84. The Balaban J connectivity index is 3.55. The summed E-state index contributed by atoms with van der Waals surface area (Å²) in [5.74, 6) is 0.0760. The number of carbonyl (C=O) groups excluding carboxylic acids is 1. The van der Waals surface area contributed by atoms with E-state index in [0.717, 1.165) is 25.7 Å². The minimum absolute atomic E-state index is 0.0472. The molecule has 12 heavy (non-hydrogen) atoms. The quantitative estimate of drug-likeness (QED) is 0.571. The zero-order valence-electron chi connectivity index (χ0n) is 7.97. The van der Waals surface area contributed by atoms with E-state index >= 15 is 0 Å². The highest BCUT2D eigenvalue weighted by molar-refractivity contribution is 5.76. The van der Waals surface area contributed by atoms with E-state index in [1.54, 1.807) is 6.92 Å². The molecule has 0 aliphatic carbocycles. The van der Waals surface area contributed by atoms with Crippen molar-refractivity contribution in [3.8, 4) is 6.07 Å². The molecule has 0 aromatic rings. The molecule has 1 atom stereocenters. The maximum atomic E-state index is 10.7. The smallest absolute Gasteiger partial charge is 0.131 e. The van der Waals surface area contributed by atoms with Gasteiger partial charge < -0.3 is 0 Å². The molecule has 2 heteroatoms. The highest BCUT2D eigenvalue weighted by Crippen LogP contribution is 2.12. The Morgan fingerprint density at radius 2 is 2.17 bits per heavy atom. The molecule has 0 aromatic carbocycles. The van der Waals surface area contributed by atoms with Gasteiger partial charge in [-0.05, 0) is 13.3 Å². The number of unbranched alkanes of at least 4 members (excludes halogenated alkanes) is 2. The van der Waals surface area contributed by atoms with Gasteiger partial charge in [0.2, 0.25) is 0 Å². The van der Waals surface area contributed by atoms with Crippen LogP contribution in [0.3, 0.4) is 0 Å². The van der Waals surface area contributed by atoms with Crippen LogP contribution in [-0.2, 0) is 4.79 Å². The van der Waals surface area contributed by atoms with Crippen LogP contribution in [0.4, 0.5) is 0 Å². The summed E-state index contributed by atoms with van der Waals surface area (Å²) in [7, 11) is 0. The predicted octanol–water partition coefficient (Wildman–Crippen LogP) is 2.69. The van der Waals surface area contributed by atoms with E-state index in [0.29, 0.717) is 6.42 Å². The van der Waals surface area contributed by atoms with E-state index in [9.17, 15) is 4.79 Å². The van der Waals surface area contributed by atoms with Crippen LogP contribution in [0.15, 0.2) is 0 Å². The largest absolute Gasteiger partial charge is 0.300 e. The number of nitriles is 1. The summed E-state index contributed by atoms with van der Waals surface area (Å²) in [6, 6.07) is 2.17. The van der Waals surface area contributed by atoms with E-state index in [1.807, 2.05) is 0 Å². The molecule has 0 saturated carbocycles. The molecular weight excluding hydrogens is 150 g/mol. The first-order chi connectivity index (χ1) is 5.70. The predicted molar refractivity (Wildman–Crippen MR) is 48.5 cm³/mol. The molecular formula is C10H17NO. The minimum atomic E-state index is -0.0472. The minimum Gasteiger partial charge on any atom is -0.300 e. The van der Waals surface area contributed by atoms with Gasteiger partial charge in [0, 0.05) is 6.42 Å². The van der Waals surface area contributed by atoms with Crippen molar-refractivity contribution in [3.05, 3.63) is 0 Å². The fraction of sp³-hybridized carbons (Fsp3) is 0.800. The summed E-state index contributed by atoms with van der Waals surface area (Å²) < 4.78 is 0. The summed E-state index contributed by atoms with van der Waals surface area (Å²) in [5.41, 5.74) is 0. The summed E-state index contributed by atoms with van der Waals surface area (Å²) in [6.45, 7) is 3.68. The van der Waals surface area contributed by atoms with Crippen LogP contribution in [0.1, 0.15) is 46.0 Å². The van der Waals surface area contributed by atoms with Gasteiger partial charge in [-0.15, -0.1) is 0 Å². The summed E-state index contributed by atoms with van der Waals surface area (Å²) in [5, 5.41) is 8.67. The molecule has 1 unspecified atom stereocenters. The van der Waals surface area contributed by atoms with Crippen LogP contribution in [0.2, 0.25) is 0 Å². The molecule has 0 amide bonds. The molecule has 0 N–H and O–H groups in total. The van der Waals surface area contributed by atoms with Gasteiger partial charge in [-0.25, -0.2) is 0 Å². The van der Waals surface area contributed by atoms with E-state index < -0.39 is 0 Å². The van der Waals surface area contributed by atoms with Gasteiger partial charge in [0.15, 0.2) is 0 Å². The Labute approximate surface area is 74.6 Å². The van der Waals surface area contributed by atoms with Crippen molar-refractivity contribution in [2.45, 2.75) is 46.0 Å². The van der Waals surface area contributed by atoms with E-state index in [2.05, 4.69) is 13.0 Å². The lowest BCUT2D eigenvalue weighted by Gasteiger charge is -2.04. The average Bonchev–Trinajstić information content (AvgIpc) is 2.02. The third-order valence-corrected chi connectivity index (χ3v) is 1.87. The van der Waals surface area contributed by atoms with Crippen LogP contribution in [0.25, 0.3) is 0 Å². The number of hydrogen-bond donors (Lipinski definition) is 0. The van der Waals surface area contributed by atoms with Gasteiger partial charge >= 0.3 is 0 Å². The molecule has 0 aliphatic heterocycles. The zero-order chi connectivity index (χ0) is 9.40. The van der Waals surface area contributed by atoms with Crippen molar-refractivity contribution < 1.29 is 4.79 Å². The fourth-order valence-corrected chi connectivity index (χ4v) is 1.20. The molecule has 2 nitrogen and oxygen atoms in total. The molecule has 0 bridgehead atoms. The maximum absolute atomic E-state index is 10.7. The highest BCUT2D eigenvalue weighted by atomic mass is 16.1. The first-order valence-electron chi connectivity index (χ1n) is 4.59. The van der Waals surface area contributed by atoms with Crippen LogP contribution >= 0.6 is 0 Å². The first kappa shape index (κ1) is 11.2. The number of ketones is 1. The Morgan fingerprint density at radius 1 is 1.50 bits per heavy atom. The number of hydrogen-bond acceptors (Lipinski definition) is 2. The summed E-state index contributed by atoms with van der Waals surface area (Å²) in [6.07, 6.45) is 4.71. The van der Waals surface area contributed by atoms with Crippen molar-refractivity contribution >= 4 is 5.78 Å². The molecule has 0 radical (unpaired) electrons. The topological polar surface area (TPSA) is 40.9 Å². The van der Waals surface area contributed by atoms with Crippen LogP contribution in [0, 0.1) is 17.2 Å². The molecule has 0 aliphatic rings. The third-order valence-electron chi connectivity index (χ3n) is 1.87. The van der Waals surface area contributed by atoms with E-state index in [1.165, 1.54) is 0 Å². The highest BCUT2D eigenvalue weighted by Gasteiger charge is 2.08. The van der Waals surface area contributed by atoms with Gasteiger partial charge in [-0.3, -0.25) is 4.79 Å². The van der Waals surface area contributed by atoms with Gasteiger partial charge in [-0.2, -0.15) is 5.26 Å². The maximum Gasteiger partial charge on any atom is 0.131 e.